The van der Waals surface area contributed by atoms with E-state index in [0.29, 0.717) is 0 Å². The van der Waals surface area contributed by atoms with Gasteiger partial charge >= 0.3 is 0 Å². The van der Waals surface area contributed by atoms with Crippen LogP contribution >= 0.6 is 0 Å². The van der Waals surface area contributed by atoms with E-state index >= 15 is 0 Å². The topological polar surface area (TPSA) is 17.0 Å². The van der Waals surface area contributed by atoms with Crippen LogP contribution in [0.15, 0.2) is 30.3 Å². The molecular formula is C16H20N2. The number of nitrogens with zero attached hydrogens (tertiary/aromatic N) is 1. The summed E-state index contributed by atoms with van der Waals surface area (Å²) < 4.78 is 2.47. The van der Waals surface area contributed by atoms with Crippen molar-refractivity contribution in [3.05, 3.63) is 58.4 Å². The molecular weight excluding hydrogens is 220 g/mol. The van der Waals surface area contributed by atoms with Gasteiger partial charge in [0, 0.05) is 37.4 Å². The Balaban J connectivity index is 1.90. The van der Waals surface area contributed by atoms with Gasteiger partial charge in [-0.2, -0.15) is 0 Å². The second kappa shape index (κ2) is 4.62. The maximum Gasteiger partial charge on any atom is 0.0360 e. The molecule has 2 aromatic rings. The van der Waals surface area contributed by atoms with Crippen LogP contribution in [0.5, 0.6) is 0 Å². The second-order valence-electron chi connectivity index (χ2n) is 5.32. The second-order valence-corrected chi connectivity index (χ2v) is 5.32. The van der Waals surface area contributed by atoms with E-state index in [1.54, 1.807) is 0 Å². The Morgan fingerprint density at radius 2 is 1.89 bits per heavy atom. The molecule has 0 radical (unpaired) electrons. The van der Waals surface area contributed by atoms with Crippen molar-refractivity contribution in [1.29, 1.82) is 0 Å². The van der Waals surface area contributed by atoms with Crippen molar-refractivity contribution in [2.75, 3.05) is 6.54 Å². The molecule has 0 fully saturated rings. The molecule has 0 amide bonds. The van der Waals surface area contributed by atoms with Crippen molar-refractivity contribution in [2.45, 2.75) is 33.4 Å². The van der Waals surface area contributed by atoms with Gasteiger partial charge in [-0.15, -0.1) is 0 Å². The van der Waals surface area contributed by atoms with Gasteiger partial charge in [-0.25, -0.2) is 0 Å². The summed E-state index contributed by atoms with van der Waals surface area (Å²) >= 11 is 0. The van der Waals surface area contributed by atoms with Crippen molar-refractivity contribution in [3.63, 3.8) is 0 Å². The van der Waals surface area contributed by atoms with Gasteiger partial charge in [-0.05, 0) is 31.5 Å². The average molecular weight is 240 g/mol. The van der Waals surface area contributed by atoms with E-state index < -0.39 is 0 Å². The summed E-state index contributed by atoms with van der Waals surface area (Å²) in [6.07, 6.45) is 1.04. The highest BCUT2D eigenvalue weighted by Gasteiger charge is 2.12. The molecule has 1 aliphatic rings. The minimum absolute atomic E-state index is 1.01. The Bertz CT molecular complexity index is 546. The number of fused-ring (bicyclic) bond motifs is 1. The van der Waals surface area contributed by atoms with E-state index in [-0.39, 0.29) is 0 Å². The summed E-state index contributed by atoms with van der Waals surface area (Å²) in [4.78, 5) is 0. The van der Waals surface area contributed by atoms with Crippen LogP contribution in [-0.2, 0) is 19.5 Å². The lowest BCUT2D eigenvalue weighted by Gasteiger charge is -2.19. The van der Waals surface area contributed by atoms with Crippen LogP contribution < -0.4 is 5.32 Å². The number of rotatable bonds is 2. The fraction of sp³-hybridized carbons (Fsp3) is 0.375. The molecule has 18 heavy (non-hydrogen) atoms. The van der Waals surface area contributed by atoms with Gasteiger partial charge in [-0.1, -0.05) is 29.3 Å². The molecule has 0 unspecified atom stereocenters. The molecule has 2 nitrogen and oxygen atoms in total. The highest BCUT2D eigenvalue weighted by molar-refractivity contribution is 5.32. The molecule has 1 N–H and O–H groups in total. The Kier molecular flexibility index (Phi) is 2.96. The van der Waals surface area contributed by atoms with Crippen molar-refractivity contribution < 1.29 is 0 Å². The van der Waals surface area contributed by atoms with E-state index in [1.165, 1.54) is 28.1 Å². The first-order chi connectivity index (χ1) is 8.72. The summed E-state index contributed by atoms with van der Waals surface area (Å²) in [5.74, 6) is 0. The van der Waals surface area contributed by atoms with Crippen molar-refractivity contribution in [3.8, 4) is 0 Å². The standard InChI is InChI=1S/C16H20N2/c1-12-7-13(2)9-14(8-12)10-15-3-4-16-11-17-5-6-18(15)16/h3-4,7-9,17H,5-6,10-11H2,1-2H3. The molecule has 1 aliphatic heterocycles. The molecule has 0 aliphatic carbocycles. The van der Waals surface area contributed by atoms with Crippen molar-refractivity contribution in [1.82, 2.24) is 9.88 Å². The first-order valence-corrected chi connectivity index (χ1v) is 6.67. The van der Waals surface area contributed by atoms with Gasteiger partial charge in [0.25, 0.3) is 0 Å². The van der Waals surface area contributed by atoms with Gasteiger partial charge in [-0.3, -0.25) is 0 Å². The van der Waals surface area contributed by atoms with E-state index in [4.69, 9.17) is 0 Å². The number of aromatic nitrogens is 1. The van der Waals surface area contributed by atoms with Gasteiger partial charge < -0.3 is 9.88 Å². The molecule has 2 heteroatoms. The quantitative estimate of drug-likeness (QED) is 0.854. The van der Waals surface area contributed by atoms with E-state index in [0.717, 1.165) is 26.1 Å². The maximum atomic E-state index is 3.42. The van der Waals surface area contributed by atoms with Crippen LogP contribution in [0.1, 0.15) is 28.1 Å². The van der Waals surface area contributed by atoms with Crippen LogP contribution in [0.4, 0.5) is 0 Å². The Morgan fingerprint density at radius 3 is 2.67 bits per heavy atom. The fourth-order valence-corrected chi connectivity index (χ4v) is 2.94. The lowest BCUT2D eigenvalue weighted by Crippen LogP contribution is -2.28. The molecule has 1 aromatic carbocycles. The van der Waals surface area contributed by atoms with E-state index in [1.807, 2.05) is 0 Å². The van der Waals surface area contributed by atoms with Crippen LogP contribution in [0.25, 0.3) is 0 Å². The molecule has 2 heterocycles. The van der Waals surface area contributed by atoms with Gasteiger partial charge in [0.1, 0.15) is 0 Å². The van der Waals surface area contributed by atoms with Crippen LogP contribution in [0, 0.1) is 13.8 Å². The summed E-state index contributed by atoms with van der Waals surface area (Å²) in [6.45, 7) is 7.54. The number of nitrogens with one attached hydrogen (secondary N) is 1. The first-order valence-electron chi connectivity index (χ1n) is 6.67. The SMILES string of the molecule is Cc1cc(C)cc(Cc2ccc3n2CCNC3)c1. The number of hydrogen-bond donors (Lipinski definition) is 1. The van der Waals surface area contributed by atoms with Gasteiger partial charge in [0.15, 0.2) is 0 Å². The zero-order valence-corrected chi connectivity index (χ0v) is 11.2. The maximum absolute atomic E-state index is 3.42. The number of benzene rings is 1. The normalized spacial score (nSPS) is 14.6. The minimum Gasteiger partial charge on any atom is -0.346 e. The van der Waals surface area contributed by atoms with Crippen molar-refractivity contribution in [2.24, 2.45) is 0 Å². The summed E-state index contributed by atoms with van der Waals surface area (Å²) in [6, 6.07) is 11.4. The Hall–Kier alpha value is -1.54. The highest BCUT2D eigenvalue weighted by atomic mass is 15.1. The van der Waals surface area contributed by atoms with Crippen molar-refractivity contribution >= 4 is 0 Å². The predicted molar refractivity (Wildman–Crippen MR) is 74.9 cm³/mol. The number of aryl methyl sites for hydroxylation is 2. The smallest absolute Gasteiger partial charge is 0.0360 e. The lowest BCUT2D eigenvalue weighted by atomic mass is 10.0. The molecule has 0 atom stereocenters. The minimum atomic E-state index is 1.01. The summed E-state index contributed by atoms with van der Waals surface area (Å²) in [7, 11) is 0. The molecule has 94 valence electrons. The van der Waals surface area contributed by atoms with Crippen LogP contribution in [0.3, 0.4) is 0 Å². The molecule has 3 rings (SSSR count). The lowest BCUT2D eigenvalue weighted by molar-refractivity contribution is 0.506. The zero-order chi connectivity index (χ0) is 12.5. The first kappa shape index (κ1) is 11.5. The molecule has 0 saturated heterocycles. The Morgan fingerprint density at radius 1 is 1.11 bits per heavy atom. The molecule has 0 bridgehead atoms. The summed E-state index contributed by atoms with van der Waals surface area (Å²) in [5.41, 5.74) is 7.00. The molecule has 0 saturated carbocycles. The van der Waals surface area contributed by atoms with Gasteiger partial charge in [0.05, 0.1) is 0 Å². The third kappa shape index (κ3) is 2.21. The third-order valence-corrected chi connectivity index (χ3v) is 3.65. The highest BCUT2D eigenvalue weighted by Crippen LogP contribution is 2.18. The largest absolute Gasteiger partial charge is 0.346 e. The third-order valence-electron chi connectivity index (χ3n) is 3.65. The molecule has 0 spiro atoms. The van der Waals surface area contributed by atoms with Crippen LogP contribution in [0.2, 0.25) is 0 Å². The number of hydrogen-bond acceptors (Lipinski definition) is 1. The average Bonchev–Trinajstić information content (AvgIpc) is 2.72. The zero-order valence-electron chi connectivity index (χ0n) is 11.2. The fourth-order valence-electron chi connectivity index (χ4n) is 2.94. The molecule has 1 aromatic heterocycles. The van der Waals surface area contributed by atoms with E-state index in [2.05, 4.69) is 54.1 Å². The van der Waals surface area contributed by atoms with E-state index in [9.17, 15) is 0 Å². The van der Waals surface area contributed by atoms with Crippen LogP contribution in [-0.4, -0.2) is 11.1 Å². The monoisotopic (exact) mass is 240 g/mol. The predicted octanol–water partition coefficient (Wildman–Crippen LogP) is 2.80. The Labute approximate surface area is 109 Å². The van der Waals surface area contributed by atoms with Gasteiger partial charge in [0.2, 0.25) is 0 Å². The summed E-state index contributed by atoms with van der Waals surface area (Å²) in [5, 5.41) is 3.42.